The lowest BCUT2D eigenvalue weighted by Crippen LogP contribution is -2.48. The molecular weight excluding hydrogens is 434 g/mol. The van der Waals surface area contributed by atoms with Crippen LogP contribution in [0, 0.1) is 23.7 Å². The minimum absolute atomic E-state index is 0.137. The third kappa shape index (κ3) is 4.36. The maximum absolute atomic E-state index is 12.5. The first-order valence-electron chi connectivity index (χ1n) is 10.0. The van der Waals surface area contributed by atoms with Crippen LogP contribution in [0.4, 0.5) is 5.69 Å². The maximum atomic E-state index is 12.5. The Bertz CT molecular complexity index is 1100. The van der Waals surface area contributed by atoms with E-state index in [1.165, 1.54) is 12.1 Å². The maximum Gasteiger partial charge on any atom is 0.307 e. The van der Waals surface area contributed by atoms with Crippen LogP contribution in [-0.4, -0.2) is 28.8 Å². The van der Waals surface area contributed by atoms with Crippen LogP contribution in [0.15, 0.2) is 60.7 Å². The summed E-state index contributed by atoms with van der Waals surface area (Å²) in [6.45, 7) is 0. The van der Waals surface area contributed by atoms with E-state index >= 15 is 0 Å². The third-order valence-corrected chi connectivity index (χ3v) is 6.11. The van der Waals surface area contributed by atoms with Gasteiger partial charge in [-0.2, -0.15) is 0 Å². The van der Waals surface area contributed by atoms with Gasteiger partial charge in [0.2, 0.25) is 5.91 Å². The fourth-order valence-corrected chi connectivity index (χ4v) is 4.43. The van der Waals surface area contributed by atoms with E-state index in [9.17, 15) is 24.3 Å². The highest BCUT2D eigenvalue weighted by atomic mass is 35.5. The summed E-state index contributed by atoms with van der Waals surface area (Å²) in [5, 5.41) is 12.7. The van der Waals surface area contributed by atoms with Gasteiger partial charge in [0.05, 0.1) is 11.8 Å². The van der Waals surface area contributed by atoms with E-state index in [1.54, 1.807) is 36.4 Å². The van der Waals surface area contributed by atoms with Crippen molar-refractivity contribution in [2.24, 2.45) is 23.7 Å². The van der Waals surface area contributed by atoms with Gasteiger partial charge in [-0.3, -0.25) is 30.0 Å². The molecule has 1 fully saturated rings. The fourth-order valence-electron chi connectivity index (χ4n) is 4.30. The Hall–Kier alpha value is -3.65. The fraction of sp³-hybridized carbons (Fsp3) is 0.217. The summed E-state index contributed by atoms with van der Waals surface area (Å²) in [5.74, 6) is -4.20. The van der Waals surface area contributed by atoms with Crippen LogP contribution in [0.2, 0.25) is 5.02 Å². The molecule has 4 atom stereocenters. The Morgan fingerprint density at radius 2 is 1.34 bits per heavy atom. The molecule has 3 amide bonds. The molecule has 32 heavy (non-hydrogen) atoms. The SMILES string of the molecule is O=C(NNC(=O)[C@H]1[C@@H](C(=O)O)[C@H]2C=C[C@H]1C2)c1ccc(NC(=O)c2ccc(Cl)cc2)cc1. The second kappa shape index (κ2) is 8.84. The van der Waals surface area contributed by atoms with E-state index in [0.717, 1.165) is 0 Å². The molecule has 2 aliphatic rings. The second-order valence-electron chi connectivity index (χ2n) is 7.82. The number of halogens is 1. The molecule has 2 aromatic carbocycles. The molecule has 2 aliphatic carbocycles. The van der Waals surface area contributed by atoms with E-state index in [0.29, 0.717) is 22.7 Å². The van der Waals surface area contributed by atoms with Crippen molar-refractivity contribution < 1.29 is 24.3 Å². The Balaban J connectivity index is 1.32. The topological polar surface area (TPSA) is 125 Å². The number of fused-ring (bicyclic) bond motifs is 2. The van der Waals surface area contributed by atoms with Crippen LogP contribution in [-0.2, 0) is 9.59 Å². The molecule has 0 radical (unpaired) electrons. The molecule has 8 nitrogen and oxygen atoms in total. The number of allylic oxidation sites excluding steroid dienone is 2. The summed E-state index contributed by atoms with van der Waals surface area (Å²) in [4.78, 5) is 48.7. The predicted octanol–water partition coefficient (Wildman–Crippen LogP) is 2.88. The molecule has 4 N–H and O–H groups in total. The molecular formula is C23H20ClN3O5. The Morgan fingerprint density at radius 1 is 0.781 bits per heavy atom. The van der Waals surface area contributed by atoms with Gasteiger partial charge in [0.15, 0.2) is 0 Å². The van der Waals surface area contributed by atoms with Crippen LogP contribution in [0.1, 0.15) is 27.1 Å². The summed E-state index contributed by atoms with van der Waals surface area (Å²) in [6.07, 6.45) is 4.35. The molecule has 4 rings (SSSR count). The Labute approximate surface area is 188 Å². The highest BCUT2D eigenvalue weighted by molar-refractivity contribution is 6.30. The van der Waals surface area contributed by atoms with Crippen molar-refractivity contribution >= 4 is 41.0 Å². The van der Waals surface area contributed by atoms with Gasteiger partial charge in [-0.25, -0.2) is 0 Å². The molecule has 0 aliphatic heterocycles. The average molecular weight is 454 g/mol. The summed E-state index contributed by atoms with van der Waals surface area (Å²) < 4.78 is 0. The number of aliphatic carboxylic acids is 1. The molecule has 0 aromatic heterocycles. The van der Waals surface area contributed by atoms with Crippen LogP contribution in [0.25, 0.3) is 0 Å². The standard InChI is InChI=1S/C23H20ClN3O5/c24-16-7-3-12(4-8-16)20(28)25-17-9-5-13(6-10-17)21(29)26-27-22(30)18-14-1-2-15(11-14)19(18)23(31)32/h1-10,14-15,18-19H,11H2,(H,25,28)(H,26,29)(H,27,30)(H,31,32)/t14-,15-,18+,19-/m0/s1. The summed E-state index contributed by atoms with van der Waals surface area (Å²) >= 11 is 5.82. The average Bonchev–Trinajstić information content (AvgIpc) is 3.40. The molecule has 9 heteroatoms. The van der Waals surface area contributed by atoms with E-state index in [-0.39, 0.29) is 23.3 Å². The lowest BCUT2D eigenvalue weighted by Gasteiger charge is -2.23. The number of benzene rings is 2. The number of hydrazine groups is 1. The number of carboxylic acids is 1. The van der Waals surface area contributed by atoms with E-state index in [2.05, 4.69) is 16.2 Å². The van der Waals surface area contributed by atoms with Gasteiger partial charge >= 0.3 is 5.97 Å². The normalized spacial score (nSPS) is 22.9. The predicted molar refractivity (Wildman–Crippen MR) is 117 cm³/mol. The number of carbonyl (C=O) groups excluding carboxylic acids is 3. The van der Waals surface area contributed by atoms with E-state index in [1.807, 2.05) is 12.2 Å². The Morgan fingerprint density at radius 3 is 1.97 bits per heavy atom. The summed E-state index contributed by atoms with van der Waals surface area (Å²) in [5.41, 5.74) is 5.87. The van der Waals surface area contributed by atoms with Crippen molar-refractivity contribution in [3.8, 4) is 0 Å². The molecule has 2 aromatic rings. The van der Waals surface area contributed by atoms with Crippen LogP contribution in [0.5, 0.6) is 0 Å². The molecule has 0 heterocycles. The molecule has 164 valence electrons. The van der Waals surface area contributed by atoms with E-state index in [4.69, 9.17) is 11.6 Å². The zero-order valence-electron chi connectivity index (χ0n) is 16.7. The van der Waals surface area contributed by atoms with Gasteiger partial charge < -0.3 is 10.4 Å². The van der Waals surface area contributed by atoms with Crippen molar-refractivity contribution in [1.29, 1.82) is 0 Å². The second-order valence-corrected chi connectivity index (χ2v) is 8.26. The highest BCUT2D eigenvalue weighted by Gasteiger charge is 2.51. The number of carbonyl (C=O) groups is 4. The van der Waals surface area contributed by atoms with Crippen LogP contribution < -0.4 is 16.2 Å². The van der Waals surface area contributed by atoms with Crippen LogP contribution >= 0.6 is 11.6 Å². The highest BCUT2D eigenvalue weighted by Crippen LogP contribution is 2.48. The molecule has 2 bridgehead atoms. The minimum atomic E-state index is -1.01. The Kier molecular flexibility index (Phi) is 5.96. The molecule has 0 unspecified atom stereocenters. The van der Waals surface area contributed by atoms with Gasteiger partial charge in [-0.05, 0) is 66.8 Å². The number of hydrogen-bond acceptors (Lipinski definition) is 4. The molecule has 0 spiro atoms. The quantitative estimate of drug-likeness (QED) is 0.409. The minimum Gasteiger partial charge on any atom is -0.481 e. The summed E-state index contributed by atoms with van der Waals surface area (Å²) in [7, 11) is 0. The first-order valence-corrected chi connectivity index (χ1v) is 10.4. The largest absolute Gasteiger partial charge is 0.481 e. The number of anilines is 1. The van der Waals surface area contributed by atoms with Crippen LogP contribution in [0.3, 0.4) is 0 Å². The third-order valence-electron chi connectivity index (χ3n) is 5.86. The van der Waals surface area contributed by atoms with Crippen molar-refractivity contribution in [2.45, 2.75) is 6.42 Å². The lowest BCUT2D eigenvalue weighted by molar-refractivity contribution is -0.148. The van der Waals surface area contributed by atoms with Gasteiger partial charge in [0, 0.05) is 21.8 Å². The van der Waals surface area contributed by atoms with Crippen molar-refractivity contribution in [2.75, 3.05) is 5.32 Å². The summed E-state index contributed by atoms with van der Waals surface area (Å²) in [6, 6.07) is 12.6. The van der Waals surface area contributed by atoms with Gasteiger partial charge in [0.25, 0.3) is 11.8 Å². The zero-order valence-corrected chi connectivity index (χ0v) is 17.5. The lowest BCUT2D eigenvalue weighted by atomic mass is 9.82. The van der Waals surface area contributed by atoms with Gasteiger partial charge in [-0.15, -0.1) is 0 Å². The first kappa shape index (κ1) is 21.6. The number of rotatable bonds is 5. The number of hydrogen-bond donors (Lipinski definition) is 4. The number of amides is 3. The van der Waals surface area contributed by atoms with Crippen molar-refractivity contribution in [3.63, 3.8) is 0 Å². The number of nitrogens with one attached hydrogen (secondary N) is 3. The monoisotopic (exact) mass is 453 g/mol. The molecule has 1 saturated carbocycles. The van der Waals surface area contributed by atoms with Gasteiger partial charge in [0.1, 0.15) is 0 Å². The zero-order chi connectivity index (χ0) is 22.8. The number of carboxylic acid groups (broad SMARTS) is 1. The van der Waals surface area contributed by atoms with Crippen molar-refractivity contribution in [3.05, 3.63) is 76.8 Å². The molecule has 0 saturated heterocycles. The smallest absolute Gasteiger partial charge is 0.307 e. The van der Waals surface area contributed by atoms with Gasteiger partial charge in [-0.1, -0.05) is 23.8 Å². The first-order chi connectivity index (χ1) is 15.3. The van der Waals surface area contributed by atoms with Crippen molar-refractivity contribution in [1.82, 2.24) is 10.9 Å². The van der Waals surface area contributed by atoms with E-state index < -0.39 is 29.6 Å².